The van der Waals surface area contributed by atoms with Crippen LogP contribution in [0.25, 0.3) is 0 Å². The van der Waals surface area contributed by atoms with Crippen molar-refractivity contribution in [2.24, 2.45) is 0 Å². The number of hydrogen-bond donors (Lipinski definition) is 1. The van der Waals surface area contributed by atoms with Gasteiger partial charge in [-0.25, -0.2) is 5.48 Å². The predicted octanol–water partition coefficient (Wildman–Crippen LogP) is 10.6. The van der Waals surface area contributed by atoms with Gasteiger partial charge in [-0.1, -0.05) is 154 Å². The molecule has 1 unspecified atom stereocenters. The van der Waals surface area contributed by atoms with Gasteiger partial charge in [-0.05, 0) is 38.5 Å². The van der Waals surface area contributed by atoms with Crippen molar-refractivity contribution in [3.05, 3.63) is 12.2 Å². The number of carbonyl (C=O) groups excluding carboxylic acids is 6. The summed E-state index contributed by atoms with van der Waals surface area (Å²) >= 11 is 0. The van der Waals surface area contributed by atoms with Crippen LogP contribution < -0.4 is 5.48 Å². The standard InChI is InChI=1S/C51H89NO14/c1-7-9-11-13-15-17-19-21-22-24-25-27-29-31-33-35-46(57)52-66-44(37-60-47(58)36-34-32-30-28-26-23-20-18-16-14-12-10-8-2)38-61-51-50(64-43(6)56)49(63-42(5)55)48(62-41(4)54)45(65-51)39-59-40(3)53/h21-22,44-45,48-51H,7-20,23-39H2,1-6H3,(H,52,57)/b22-21-/t44?,45-,48-,49+,50-,51-/m1/s1. The Bertz CT molecular complexity index is 1340. The summed E-state index contributed by atoms with van der Waals surface area (Å²) in [5.41, 5.74) is 2.46. The smallest absolute Gasteiger partial charge is 0.305 e. The van der Waals surface area contributed by atoms with Crippen molar-refractivity contribution in [3.63, 3.8) is 0 Å². The van der Waals surface area contributed by atoms with Crippen molar-refractivity contribution in [3.8, 4) is 0 Å². The summed E-state index contributed by atoms with van der Waals surface area (Å²) in [6.45, 7) is 7.94. The molecule has 0 saturated carbocycles. The fourth-order valence-corrected chi connectivity index (χ4v) is 7.74. The summed E-state index contributed by atoms with van der Waals surface area (Å²) in [5.74, 6) is -3.78. The van der Waals surface area contributed by atoms with Gasteiger partial charge in [0.15, 0.2) is 24.6 Å². The van der Waals surface area contributed by atoms with E-state index in [4.69, 9.17) is 38.0 Å². The Balaban J connectivity index is 2.81. The molecule has 66 heavy (non-hydrogen) atoms. The third-order valence-electron chi connectivity index (χ3n) is 11.3. The monoisotopic (exact) mass is 940 g/mol. The number of rotatable bonds is 41. The van der Waals surface area contributed by atoms with E-state index >= 15 is 0 Å². The Hall–Kier alpha value is -3.56. The second kappa shape index (κ2) is 40.5. The zero-order valence-electron chi connectivity index (χ0n) is 41.8. The van der Waals surface area contributed by atoms with E-state index in [0.717, 1.165) is 78.6 Å². The van der Waals surface area contributed by atoms with E-state index in [-0.39, 0.29) is 32.0 Å². The Morgan fingerprint density at radius 3 is 1.42 bits per heavy atom. The van der Waals surface area contributed by atoms with Gasteiger partial charge in [-0.15, -0.1) is 0 Å². The molecule has 6 atom stereocenters. The highest BCUT2D eigenvalue weighted by Crippen LogP contribution is 2.30. The maximum atomic E-state index is 12.9. The Morgan fingerprint density at radius 2 is 0.939 bits per heavy atom. The molecule has 1 saturated heterocycles. The van der Waals surface area contributed by atoms with E-state index in [2.05, 4.69) is 31.5 Å². The highest BCUT2D eigenvalue weighted by molar-refractivity contribution is 5.74. The summed E-state index contributed by atoms with van der Waals surface area (Å²) in [7, 11) is 0. The van der Waals surface area contributed by atoms with E-state index in [1.165, 1.54) is 103 Å². The number of nitrogens with one attached hydrogen (secondary N) is 1. The number of ether oxygens (including phenoxy) is 7. The third-order valence-corrected chi connectivity index (χ3v) is 11.3. The number of allylic oxidation sites excluding steroid dienone is 2. The van der Waals surface area contributed by atoms with Gasteiger partial charge >= 0.3 is 29.8 Å². The average molecular weight is 940 g/mol. The van der Waals surface area contributed by atoms with Crippen molar-refractivity contribution in [2.75, 3.05) is 19.8 Å². The third kappa shape index (κ3) is 33.0. The van der Waals surface area contributed by atoms with E-state index in [0.29, 0.717) is 12.8 Å². The molecule has 0 aromatic carbocycles. The predicted molar refractivity (Wildman–Crippen MR) is 252 cm³/mol. The van der Waals surface area contributed by atoms with Crippen LogP contribution in [0.4, 0.5) is 0 Å². The molecule has 1 aliphatic rings. The Morgan fingerprint density at radius 1 is 0.500 bits per heavy atom. The molecule has 0 aromatic heterocycles. The van der Waals surface area contributed by atoms with Gasteiger partial charge in [0.1, 0.15) is 25.4 Å². The largest absolute Gasteiger partial charge is 0.463 e. The quantitative estimate of drug-likeness (QED) is 0.0200. The average Bonchev–Trinajstić information content (AvgIpc) is 3.26. The maximum Gasteiger partial charge on any atom is 0.305 e. The van der Waals surface area contributed by atoms with Crippen LogP contribution in [-0.4, -0.2) is 92.4 Å². The molecule has 1 fully saturated rings. The molecule has 0 bridgehead atoms. The van der Waals surface area contributed by atoms with E-state index in [1.807, 2.05) is 0 Å². The van der Waals surface area contributed by atoms with Crippen molar-refractivity contribution in [1.29, 1.82) is 0 Å². The lowest BCUT2D eigenvalue weighted by molar-refractivity contribution is -0.312. The van der Waals surface area contributed by atoms with Crippen LogP contribution in [0.15, 0.2) is 12.2 Å². The van der Waals surface area contributed by atoms with Crippen LogP contribution in [0.5, 0.6) is 0 Å². The van der Waals surface area contributed by atoms with Gasteiger partial charge < -0.3 is 33.2 Å². The van der Waals surface area contributed by atoms with Gasteiger partial charge in [-0.2, -0.15) is 0 Å². The zero-order valence-corrected chi connectivity index (χ0v) is 41.8. The van der Waals surface area contributed by atoms with E-state index in [9.17, 15) is 28.8 Å². The van der Waals surface area contributed by atoms with Gasteiger partial charge in [-0.3, -0.25) is 33.6 Å². The molecule has 382 valence electrons. The number of amides is 1. The second-order valence-electron chi connectivity index (χ2n) is 17.7. The first kappa shape index (κ1) is 60.5. The highest BCUT2D eigenvalue weighted by Gasteiger charge is 2.53. The zero-order chi connectivity index (χ0) is 48.6. The van der Waals surface area contributed by atoms with Crippen LogP contribution in [0.3, 0.4) is 0 Å². The van der Waals surface area contributed by atoms with Crippen molar-refractivity contribution in [1.82, 2.24) is 5.48 Å². The van der Waals surface area contributed by atoms with Crippen molar-refractivity contribution < 1.29 is 66.8 Å². The first-order valence-corrected chi connectivity index (χ1v) is 25.5. The molecular formula is C51H89NO14. The van der Waals surface area contributed by atoms with Crippen LogP contribution in [0.1, 0.15) is 221 Å². The first-order valence-electron chi connectivity index (χ1n) is 25.5. The summed E-state index contributed by atoms with van der Waals surface area (Å²) < 4.78 is 39.3. The number of unbranched alkanes of at least 4 members (excludes halogenated alkanes) is 23. The maximum absolute atomic E-state index is 12.9. The Labute approximate surface area is 397 Å². The summed E-state index contributed by atoms with van der Waals surface area (Å²) in [4.78, 5) is 79.9. The lowest BCUT2D eigenvalue weighted by Crippen LogP contribution is -2.63. The van der Waals surface area contributed by atoms with E-state index in [1.54, 1.807) is 0 Å². The van der Waals surface area contributed by atoms with Gasteiger partial charge in [0.05, 0.1) is 6.61 Å². The minimum Gasteiger partial charge on any atom is -0.463 e. The summed E-state index contributed by atoms with van der Waals surface area (Å²) in [5, 5.41) is 0. The van der Waals surface area contributed by atoms with Crippen LogP contribution >= 0.6 is 0 Å². The SMILES string of the molecule is CCCCCCCC/C=C\CCCCCCCC(=O)NOC(COC(=O)CCCCCCCCCCCCCCC)CO[C@@H]1O[C@H](COC(C)=O)[C@@H](OC(C)=O)[C@H](OC(C)=O)[C@H]1OC(C)=O. The molecular weight excluding hydrogens is 851 g/mol. The normalized spacial score (nSPS) is 18.7. The molecule has 0 aromatic rings. The first-order chi connectivity index (χ1) is 31.9. The molecule has 1 rings (SSSR count). The molecule has 1 amide bonds. The number of hydrogen-bond acceptors (Lipinski definition) is 14. The topological polar surface area (TPSA) is 188 Å². The molecule has 1 N–H and O–H groups in total. The van der Waals surface area contributed by atoms with Crippen LogP contribution in [-0.2, 0) is 66.8 Å². The Kier molecular flexibility index (Phi) is 37.1. The lowest BCUT2D eigenvalue weighted by Gasteiger charge is -2.44. The molecule has 0 aliphatic carbocycles. The number of esters is 5. The lowest BCUT2D eigenvalue weighted by atomic mass is 9.98. The fourth-order valence-electron chi connectivity index (χ4n) is 7.74. The second-order valence-corrected chi connectivity index (χ2v) is 17.7. The molecule has 1 heterocycles. The highest BCUT2D eigenvalue weighted by atomic mass is 16.7. The molecule has 0 spiro atoms. The minimum atomic E-state index is -1.48. The summed E-state index contributed by atoms with van der Waals surface area (Å²) in [6, 6.07) is 0. The molecule has 15 heteroatoms. The summed E-state index contributed by atoms with van der Waals surface area (Å²) in [6.07, 6.45) is 27.2. The minimum absolute atomic E-state index is 0.215. The fraction of sp³-hybridized carbons (Fsp3) is 0.843. The van der Waals surface area contributed by atoms with Gasteiger partial charge in [0.25, 0.3) is 0 Å². The van der Waals surface area contributed by atoms with Gasteiger partial charge in [0, 0.05) is 40.5 Å². The number of carbonyl (C=O) groups is 6. The van der Waals surface area contributed by atoms with Gasteiger partial charge in [0.2, 0.25) is 5.91 Å². The number of hydroxylamine groups is 1. The molecule has 0 radical (unpaired) electrons. The molecule has 1 aliphatic heterocycles. The van der Waals surface area contributed by atoms with Crippen molar-refractivity contribution >= 4 is 35.8 Å². The van der Waals surface area contributed by atoms with E-state index < -0.39 is 73.3 Å². The van der Waals surface area contributed by atoms with Crippen molar-refractivity contribution in [2.45, 2.75) is 258 Å². The molecule has 15 nitrogen and oxygen atoms in total. The van der Waals surface area contributed by atoms with Crippen LogP contribution in [0, 0.1) is 0 Å². The van der Waals surface area contributed by atoms with Crippen LogP contribution in [0.2, 0.25) is 0 Å².